The van der Waals surface area contributed by atoms with Gasteiger partial charge in [0.05, 0.1) is 7.11 Å². The van der Waals surface area contributed by atoms with Crippen LogP contribution in [-0.4, -0.2) is 7.11 Å². The summed E-state index contributed by atoms with van der Waals surface area (Å²) in [6, 6.07) is 5.87. The van der Waals surface area contributed by atoms with E-state index in [2.05, 4.69) is 5.32 Å². The number of hydrogen-bond acceptors (Lipinski definition) is 3. The fraction of sp³-hybridized carbons (Fsp3) is 0.200. The average molecular weight is 176 g/mol. The number of methoxy groups -OCH3 is 1. The molecule has 0 saturated carbocycles. The van der Waals surface area contributed by atoms with E-state index in [1.807, 2.05) is 30.5 Å². The van der Waals surface area contributed by atoms with Crippen LogP contribution in [0.1, 0.15) is 17.3 Å². The Bertz CT molecular complexity index is 347. The van der Waals surface area contributed by atoms with E-state index in [0.717, 1.165) is 16.9 Å². The van der Waals surface area contributed by atoms with Crippen molar-refractivity contribution >= 4 is 6.08 Å². The van der Waals surface area contributed by atoms with Gasteiger partial charge in [-0.1, -0.05) is 12.1 Å². The second-order valence-electron chi connectivity index (χ2n) is 2.94. The molecular formula is C10H12N2O. The third-order valence-corrected chi connectivity index (χ3v) is 2.18. The van der Waals surface area contributed by atoms with Crippen molar-refractivity contribution in [1.29, 1.82) is 0 Å². The van der Waals surface area contributed by atoms with E-state index < -0.39 is 0 Å². The molecule has 1 aromatic rings. The van der Waals surface area contributed by atoms with Crippen LogP contribution in [0, 0.1) is 0 Å². The summed E-state index contributed by atoms with van der Waals surface area (Å²) < 4.78 is 5.23. The molecule has 1 aromatic carbocycles. The molecule has 1 unspecified atom stereocenters. The van der Waals surface area contributed by atoms with Gasteiger partial charge in [0, 0.05) is 5.56 Å². The molecule has 0 aliphatic carbocycles. The van der Waals surface area contributed by atoms with E-state index in [1.165, 1.54) is 0 Å². The lowest BCUT2D eigenvalue weighted by atomic mass is 10.0. The Morgan fingerprint density at radius 3 is 3.08 bits per heavy atom. The van der Waals surface area contributed by atoms with Gasteiger partial charge in [-0.05, 0) is 23.9 Å². The second kappa shape index (κ2) is 3.11. The maximum atomic E-state index is 5.85. The largest absolute Gasteiger partial charge is 0.496 e. The average Bonchev–Trinajstić information content (AvgIpc) is 2.18. The summed E-state index contributed by atoms with van der Waals surface area (Å²) in [5.74, 6) is 0.866. The van der Waals surface area contributed by atoms with Crippen LogP contribution < -0.4 is 15.8 Å². The lowest BCUT2D eigenvalue weighted by Gasteiger charge is -2.21. The van der Waals surface area contributed by atoms with Crippen molar-refractivity contribution in [3.8, 4) is 5.75 Å². The highest BCUT2D eigenvalue weighted by Crippen LogP contribution is 2.28. The number of nitrogens with one attached hydrogen (secondary N) is 1. The number of nitrogens with two attached hydrogens (primary N) is 1. The predicted molar refractivity (Wildman–Crippen MR) is 52.1 cm³/mol. The molecule has 2 rings (SSSR count). The number of fused-ring (bicyclic) bond motifs is 1. The van der Waals surface area contributed by atoms with E-state index in [4.69, 9.17) is 10.5 Å². The Balaban J connectivity index is 2.56. The zero-order valence-corrected chi connectivity index (χ0v) is 7.45. The van der Waals surface area contributed by atoms with Gasteiger partial charge in [-0.2, -0.15) is 0 Å². The van der Waals surface area contributed by atoms with Crippen molar-refractivity contribution in [2.24, 2.45) is 5.73 Å². The third-order valence-electron chi connectivity index (χ3n) is 2.18. The molecule has 0 radical (unpaired) electrons. The fourth-order valence-electron chi connectivity index (χ4n) is 1.51. The first-order valence-electron chi connectivity index (χ1n) is 4.18. The Labute approximate surface area is 77.2 Å². The van der Waals surface area contributed by atoms with Crippen molar-refractivity contribution in [1.82, 2.24) is 5.32 Å². The molecule has 0 aromatic heterocycles. The van der Waals surface area contributed by atoms with E-state index >= 15 is 0 Å². The minimum absolute atomic E-state index is 0.130. The summed E-state index contributed by atoms with van der Waals surface area (Å²) in [5, 5.41) is 3.03. The van der Waals surface area contributed by atoms with Crippen LogP contribution in [0.3, 0.4) is 0 Å². The highest BCUT2D eigenvalue weighted by atomic mass is 16.5. The Hall–Kier alpha value is -1.48. The van der Waals surface area contributed by atoms with E-state index in [0.29, 0.717) is 0 Å². The smallest absolute Gasteiger partial charge is 0.126 e. The molecular weight excluding hydrogens is 164 g/mol. The number of benzene rings is 1. The molecule has 1 heterocycles. The summed E-state index contributed by atoms with van der Waals surface area (Å²) in [4.78, 5) is 0. The lowest BCUT2D eigenvalue weighted by Crippen LogP contribution is -2.27. The molecule has 3 N–H and O–H groups in total. The molecule has 1 aliphatic rings. The zero-order valence-electron chi connectivity index (χ0n) is 7.45. The Morgan fingerprint density at radius 1 is 1.46 bits per heavy atom. The van der Waals surface area contributed by atoms with E-state index in [-0.39, 0.29) is 6.17 Å². The molecule has 1 aliphatic heterocycles. The molecule has 0 fully saturated rings. The van der Waals surface area contributed by atoms with Crippen LogP contribution in [0.25, 0.3) is 6.08 Å². The number of hydrogen-bond donors (Lipinski definition) is 2. The molecule has 3 heteroatoms. The summed E-state index contributed by atoms with van der Waals surface area (Å²) in [6.07, 6.45) is 3.68. The van der Waals surface area contributed by atoms with Crippen LogP contribution in [0.2, 0.25) is 0 Å². The first kappa shape index (κ1) is 8.13. The summed E-state index contributed by atoms with van der Waals surface area (Å²) >= 11 is 0. The molecule has 0 saturated heterocycles. The van der Waals surface area contributed by atoms with Crippen molar-refractivity contribution in [2.75, 3.05) is 7.11 Å². The van der Waals surface area contributed by atoms with Crippen molar-refractivity contribution in [2.45, 2.75) is 6.17 Å². The standard InChI is InChI=1S/C10H12N2O/c1-13-9-4-2-3-8-7(9)5-6-12-10(8)11/h2-6,10,12H,11H2,1H3. The van der Waals surface area contributed by atoms with Gasteiger partial charge >= 0.3 is 0 Å². The van der Waals surface area contributed by atoms with Crippen molar-refractivity contribution in [3.63, 3.8) is 0 Å². The molecule has 0 amide bonds. The summed E-state index contributed by atoms with van der Waals surface area (Å²) in [6.45, 7) is 0. The van der Waals surface area contributed by atoms with Gasteiger partial charge in [-0.25, -0.2) is 0 Å². The van der Waals surface area contributed by atoms with Gasteiger partial charge in [0.15, 0.2) is 0 Å². The maximum Gasteiger partial charge on any atom is 0.126 e. The highest BCUT2D eigenvalue weighted by molar-refractivity contribution is 5.63. The Kier molecular flexibility index (Phi) is 1.94. The molecule has 0 spiro atoms. The van der Waals surface area contributed by atoms with Crippen LogP contribution >= 0.6 is 0 Å². The summed E-state index contributed by atoms with van der Waals surface area (Å²) in [7, 11) is 1.66. The van der Waals surface area contributed by atoms with Gasteiger partial charge < -0.3 is 15.8 Å². The van der Waals surface area contributed by atoms with Gasteiger partial charge in [-0.3, -0.25) is 0 Å². The quantitative estimate of drug-likeness (QED) is 0.676. The number of ether oxygens (including phenoxy) is 1. The first-order valence-corrected chi connectivity index (χ1v) is 4.18. The van der Waals surface area contributed by atoms with Gasteiger partial charge in [-0.15, -0.1) is 0 Å². The molecule has 0 bridgehead atoms. The van der Waals surface area contributed by atoms with Crippen LogP contribution in [0.4, 0.5) is 0 Å². The van der Waals surface area contributed by atoms with Gasteiger partial charge in [0.2, 0.25) is 0 Å². The van der Waals surface area contributed by atoms with E-state index in [9.17, 15) is 0 Å². The van der Waals surface area contributed by atoms with E-state index in [1.54, 1.807) is 7.11 Å². The molecule has 3 nitrogen and oxygen atoms in total. The Morgan fingerprint density at radius 2 is 2.31 bits per heavy atom. The SMILES string of the molecule is COc1cccc2c1C=CNC2N. The van der Waals surface area contributed by atoms with Crippen LogP contribution in [0.5, 0.6) is 5.75 Å². The zero-order chi connectivity index (χ0) is 9.26. The fourth-order valence-corrected chi connectivity index (χ4v) is 1.51. The third kappa shape index (κ3) is 1.27. The van der Waals surface area contributed by atoms with Crippen LogP contribution in [0.15, 0.2) is 24.4 Å². The first-order chi connectivity index (χ1) is 6.33. The minimum atomic E-state index is -0.130. The van der Waals surface area contributed by atoms with Crippen molar-refractivity contribution in [3.05, 3.63) is 35.5 Å². The van der Waals surface area contributed by atoms with Gasteiger partial charge in [0.1, 0.15) is 11.9 Å². The number of rotatable bonds is 1. The maximum absolute atomic E-state index is 5.85. The summed E-state index contributed by atoms with van der Waals surface area (Å²) in [5.41, 5.74) is 7.99. The predicted octanol–water partition coefficient (Wildman–Crippen LogP) is 1.23. The monoisotopic (exact) mass is 176 g/mol. The molecule has 13 heavy (non-hydrogen) atoms. The lowest BCUT2D eigenvalue weighted by molar-refractivity contribution is 0.412. The van der Waals surface area contributed by atoms with Crippen molar-refractivity contribution < 1.29 is 4.74 Å². The topological polar surface area (TPSA) is 47.3 Å². The molecule has 68 valence electrons. The minimum Gasteiger partial charge on any atom is -0.496 e. The molecule has 1 atom stereocenters. The van der Waals surface area contributed by atoms with Crippen LogP contribution in [-0.2, 0) is 0 Å². The normalized spacial score (nSPS) is 19.1. The second-order valence-corrected chi connectivity index (χ2v) is 2.94. The van der Waals surface area contributed by atoms with Gasteiger partial charge in [0.25, 0.3) is 0 Å². The highest BCUT2D eigenvalue weighted by Gasteiger charge is 2.14.